The van der Waals surface area contributed by atoms with E-state index in [1.54, 1.807) is 30.3 Å². The van der Waals surface area contributed by atoms with Crippen LogP contribution in [0.15, 0.2) is 57.9 Å². The number of hydrogen-bond acceptors (Lipinski definition) is 6. The van der Waals surface area contributed by atoms with Crippen molar-refractivity contribution < 1.29 is 28.7 Å². The van der Waals surface area contributed by atoms with E-state index in [0.717, 1.165) is 16.0 Å². The minimum Gasteiger partial charge on any atom is -0.478 e. The third kappa shape index (κ3) is 5.47. The molecule has 1 aromatic heterocycles. The SMILES string of the molecule is Cc1cc(C)cc(NC(=O)CN2C(=O)S/C(=C\c3ccc(-c4ccc(C(=O)O)c(Cl)c4)o3)C2=O)c1. The Kier molecular flexibility index (Phi) is 6.81. The van der Waals surface area contributed by atoms with Crippen LogP contribution >= 0.6 is 23.4 Å². The Morgan fingerprint density at radius 1 is 1.09 bits per heavy atom. The van der Waals surface area contributed by atoms with E-state index >= 15 is 0 Å². The van der Waals surface area contributed by atoms with E-state index in [9.17, 15) is 19.2 Å². The van der Waals surface area contributed by atoms with Crippen LogP contribution in [0.2, 0.25) is 5.02 Å². The summed E-state index contributed by atoms with van der Waals surface area (Å²) in [7, 11) is 0. The van der Waals surface area contributed by atoms with Crippen molar-refractivity contribution >= 4 is 58.1 Å². The molecular formula is C25H19ClN2O6S. The van der Waals surface area contributed by atoms with Crippen molar-refractivity contribution in [2.24, 2.45) is 0 Å². The second-order valence-electron chi connectivity index (χ2n) is 7.89. The van der Waals surface area contributed by atoms with Gasteiger partial charge in [-0.3, -0.25) is 19.3 Å². The molecule has 1 aliphatic heterocycles. The lowest BCUT2D eigenvalue weighted by Crippen LogP contribution is -2.36. The zero-order valence-electron chi connectivity index (χ0n) is 18.6. The molecule has 3 aromatic rings. The molecule has 0 radical (unpaired) electrons. The van der Waals surface area contributed by atoms with Gasteiger partial charge >= 0.3 is 5.97 Å². The molecule has 2 N–H and O–H groups in total. The number of carboxylic acid groups (broad SMARTS) is 1. The van der Waals surface area contributed by atoms with Gasteiger partial charge in [-0.2, -0.15) is 0 Å². The highest BCUT2D eigenvalue weighted by Gasteiger charge is 2.36. The summed E-state index contributed by atoms with van der Waals surface area (Å²) in [5.74, 6) is -1.51. The van der Waals surface area contributed by atoms with Gasteiger partial charge in [0, 0.05) is 17.3 Å². The number of anilines is 1. The fraction of sp³-hybridized carbons (Fsp3) is 0.120. The summed E-state index contributed by atoms with van der Waals surface area (Å²) < 4.78 is 5.73. The lowest BCUT2D eigenvalue weighted by Gasteiger charge is -2.13. The monoisotopic (exact) mass is 510 g/mol. The number of rotatable bonds is 6. The fourth-order valence-electron chi connectivity index (χ4n) is 3.58. The number of furan rings is 1. The lowest BCUT2D eigenvalue weighted by atomic mass is 10.1. The molecule has 0 spiro atoms. The molecule has 4 rings (SSSR count). The van der Waals surface area contributed by atoms with Crippen molar-refractivity contribution in [2.45, 2.75) is 13.8 Å². The van der Waals surface area contributed by atoms with E-state index < -0.39 is 29.6 Å². The van der Waals surface area contributed by atoms with Crippen molar-refractivity contribution in [3.63, 3.8) is 0 Å². The maximum Gasteiger partial charge on any atom is 0.337 e. The Balaban J connectivity index is 1.46. The first-order valence-electron chi connectivity index (χ1n) is 10.4. The summed E-state index contributed by atoms with van der Waals surface area (Å²) in [6.45, 7) is 3.40. The summed E-state index contributed by atoms with van der Waals surface area (Å²) in [4.78, 5) is 49.7. The predicted molar refractivity (Wildman–Crippen MR) is 133 cm³/mol. The van der Waals surface area contributed by atoms with Gasteiger partial charge in [-0.15, -0.1) is 0 Å². The largest absolute Gasteiger partial charge is 0.478 e. The second-order valence-corrected chi connectivity index (χ2v) is 9.29. The summed E-state index contributed by atoms with van der Waals surface area (Å²) in [5, 5.41) is 11.3. The van der Waals surface area contributed by atoms with E-state index in [4.69, 9.17) is 21.1 Å². The Morgan fingerprint density at radius 2 is 1.80 bits per heavy atom. The summed E-state index contributed by atoms with van der Waals surface area (Å²) in [6, 6.07) is 13.2. The normalized spacial score (nSPS) is 14.6. The second kappa shape index (κ2) is 9.81. The molecule has 178 valence electrons. The number of carboxylic acids is 1. The molecule has 0 saturated carbocycles. The Hall–Kier alpha value is -3.82. The summed E-state index contributed by atoms with van der Waals surface area (Å²) in [6.07, 6.45) is 1.42. The molecule has 0 atom stereocenters. The van der Waals surface area contributed by atoms with Crippen molar-refractivity contribution in [3.05, 3.63) is 80.9 Å². The number of aryl methyl sites for hydroxylation is 2. The smallest absolute Gasteiger partial charge is 0.337 e. The quantitative estimate of drug-likeness (QED) is 0.415. The maximum atomic E-state index is 12.8. The van der Waals surface area contributed by atoms with Crippen LogP contribution in [0.4, 0.5) is 10.5 Å². The lowest BCUT2D eigenvalue weighted by molar-refractivity contribution is -0.127. The topological polar surface area (TPSA) is 117 Å². The molecule has 2 aromatic carbocycles. The van der Waals surface area contributed by atoms with Crippen LogP contribution < -0.4 is 5.32 Å². The van der Waals surface area contributed by atoms with Crippen molar-refractivity contribution in [3.8, 4) is 11.3 Å². The van der Waals surface area contributed by atoms with Crippen molar-refractivity contribution in [1.82, 2.24) is 4.90 Å². The van der Waals surface area contributed by atoms with E-state index in [-0.39, 0.29) is 15.5 Å². The molecule has 1 fully saturated rings. The standard InChI is InChI=1S/C25H19ClN2O6S/c1-13-7-14(2)9-16(8-13)27-22(29)12-28-23(30)21(35-25(28)33)11-17-4-6-20(34-17)15-3-5-18(24(31)32)19(26)10-15/h3-11H,12H2,1-2H3,(H,27,29)(H,31,32)/b21-11-. The first-order valence-corrected chi connectivity index (χ1v) is 11.6. The molecule has 10 heteroatoms. The molecule has 1 saturated heterocycles. The zero-order chi connectivity index (χ0) is 25.3. The number of benzene rings is 2. The van der Waals surface area contributed by atoms with Gasteiger partial charge in [0.1, 0.15) is 18.1 Å². The van der Waals surface area contributed by atoms with Gasteiger partial charge < -0.3 is 14.8 Å². The summed E-state index contributed by atoms with van der Waals surface area (Å²) >= 11 is 6.73. The van der Waals surface area contributed by atoms with Crippen LogP contribution in [0.25, 0.3) is 17.4 Å². The number of thioether (sulfide) groups is 1. The number of nitrogens with zero attached hydrogens (tertiary/aromatic N) is 1. The number of hydrogen-bond donors (Lipinski definition) is 2. The molecule has 0 bridgehead atoms. The minimum absolute atomic E-state index is 0.0301. The molecule has 0 unspecified atom stereocenters. The Labute approximate surface area is 209 Å². The molecule has 35 heavy (non-hydrogen) atoms. The summed E-state index contributed by atoms with van der Waals surface area (Å²) in [5.41, 5.74) is 3.07. The third-order valence-electron chi connectivity index (χ3n) is 5.06. The highest BCUT2D eigenvalue weighted by molar-refractivity contribution is 8.18. The van der Waals surface area contributed by atoms with Crippen molar-refractivity contribution in [2.75, 3.05) is 11.9 Å². The van der Waals surface area contributed by atoms with E-state index in [1.165, 1.54) is 18.2 Å². The van der Waals surface area contributed by atoms with Gasteiger partial charge in [-0.05, 0) is 73.1 Å². The van der Waals surface area contributed by atoms with Gasteiger partial charge in [0.15, 0.2) is 0 Å². The van der Waals surface area contributed by atoms with E-state index in [0.29, 0.717) is 34.5 Å². The minimum atomic E-state index is -1.14. The number of nitrogens with one attached hydrogen (secondary N) is 1. The van der Waals surface area contributed by atoms with Gasteiger partial charge in [0.05, 0.1) is 15.5 Å². The van der Waals surface area contributed by atoms with Gasteiger partial charge in [0.2, 0.25) is 5.91 Å². The number of aromatic carboxylic acids is 1. The number of carbonyl (C=O) groups excluding carboxylic acids is 3. The molecule has 3 amide bonds. The first kappa shape index (κ1) is 24.3. The highest BCUT2D eigenvalue weighted by atomic mass is 35.5. The van der Waals surface area contributed by atoms with Gasteiger partial charge in [0.25, 0.3) is 11.1 Å². The number of carbonyl (C=O) groups is 4. The Bertz CT molecular complexity index is 1390. The highest BCUT2D eigenvalue weighted by Crippen LogP contribution is 2.34. The molecule has 8 nitrogen and oxygen atoms in total. The molecule has 1 aliphatic rings. The average Bonchev–Trinajstić information content (AvgIpc) is 3.33. The Morgan fingerprint density at radius 3 is 2.46 bits per heavy atom. The van der Waals surface area contributed by atoms with Crippen LogP contribution in [0.3, 0.4) is 0 Å². The zero-order valence-corrected chi connectivity index (χ0v) is 20.2. The van der Waals surface area contributed by atoms with Gasteiger partial charge in [-0.1, -0.05) is 23.7 Å². The average molecular weight is 511 g/mol. The molecule has 2 heterocycles. The van der Waals surface area contributed by atoms with Crippen LogP contribution in [0.1, 0.15) is 27.2 Å². The van der Waals surface area contributed by atoms with Crippen molar-refractivity contribution in [1.29, 1.82) is 0 Å². The van der Waals surface area contributed by atoms with Crippen LogP contribution in [0.5, 0.6) is 0 Å². The number of imide groups is 1. The fourth-order valence-corrected chi connectivity index (χ4v) is 4.66. The first-order chi connectivity index (χ1) is 16.6. The molecular weight excluding hydrogens is 492 g/mol. The predicted octanol–water partition coefficient (Wildman–Crippen LogP) is 5.59. The van der Waals surface area contributed by atoms with Crippen LogP contribution in [-0.4, -0.2) is 39.6 Å². The van der Waals surface area contributed by atoms with Gasteiger partial charge in [-0.25, -0.2) is 4.79 Å². The van der Waals surface area contributed by atoms with E-state index in [2.05, 4.69) is 5.32 Å². The number of amides is 3. The van der Waals surface area contributed by atoms with Crippen LogP contribution in [-0.2, 0) is 9.59 Å². The third-order valence-corrected chi connectivity index (χ3v) is 6.29. The number of halogens is 1. The van der Waals surface area contributed by atoms with Crippen LogP contribution in [0, 0.1) is 13.8 Å². The maximum absolute atomic E-state index is 12.8. The molecule has 0 aliphatic carbocycles. The van der Waals surface area contributed by atoms with E-state index in [1.807, 2.05) is 19.9 Å².